The highest BCUT2D eigenvalue weighted by atomic mass is 16.5. The Labute approximate surface area is 93.7 Å². The van der Waals surface area contributed by atoms with E-state index in [0.29, 0.717) is 5.57 Å². The number of rotatable bonds is 7. The van der Waals surface area contributed by atoms with Gasteiger partial charge >= 0.3 is 5.97 Å². The molecule has 0 spiro atoms. The number of hydrogen-bond donors (Lipinski definition) is 0. The Hall–Kier alpha value is -0.790. The minimum absolute atomic E-state index is 0.00907. The van der Waals surface area contributed by atoms with Crippen molar-refractivity contribution in [1.29, 1.82) is 0 Å². The third-order valence-electron chi connectivity index (χ3n) is 2.79. The molecule has 0 N–H and O–H groups in total. The van der Waals surface area contributed by atoms with Gasteiger partial charge in [-0.15, -0.1) is 0 Å². The molecule has 2 heteroatoms. The Morgan fingerprint density at radius 2 is 1.80 bits per heavy atom. The summed E-state index contributed by atoms with van der Waals surface area (Å²) in [7, 11) is 0. The molecule has 0 saturated carbocycles. The zero-order valence-electron chi connectivity index (χ0n) is 10.5. The molecule has 0 bridgehead atoms. The topological polar surface area (TPSA) is 26.3 Å². The second-order valence-electron chi connectivity index (χ2n) is 4.26. The first kappa shape index (κ1) is 14.2. The lowest BCUT2D eigenvalue weighted by atomic mass is 9.96. The van der Waals surface area contributed by atoms with Crippen molar-refractivity contribution in [3.63, 3.8) is 0 Å². The fourth-order valence-electron chi connectivity index (χ4n) is 1.51. The summed E-state index contributed by atoms with van der Waals surface area (Å²) in [6, 6.07) is 0. The minimum atomic E-state index is -0.271. The van der Waals surface area contributed by atoms with E-state index in [1.54, 1.807) is 6.92 Å². The standard InChI is InChI=1S/C13H24O2/c1-6-12(7-2)9-8-11(5)15-13(14)10(3)4/h11-12H,3,6-9H2,1-2,4-5H3. The molecule has 0 aliphatic heterocycles. The van der Waals surface area contributed by atoms with Crippen LogP contribution >= 0.6 is 0 Å². The predicted octanol–water partition coefficient (Wildman–Crippen LogP) is 3.71. The molecule has 15 heavy (non-hydrogen) atoms. The zero-order chi connectivity index (χ0) is 11.8. The van der Waals surface area contributed by atoms with Gasteiger partial charge in [0.1, 0.15) is 0 Å². The number of ether oxygens (including phenoxy) is 1. The third-order valence-corrected chi connectivity index (χ3v) is 2.79. The summed E-state index contributed by atoms with van der Waals surface area (Å²) in [5.41, 5.74) is 0.476. The average Bonchev–Trinajstić information content (AvgIpc) is 2.19. The van der Waals surface area contributed by atoms with Crippen molar-refractivity contribution < 1.29 is 9.53 Å². The van der Waals surface area contributed by atoms with Gasteiger partial charge in [0.25, 0.3) is 0 Å². The highest BCUT2D eigenvalue weighted by Crippen LogP contribution is 2.17. The quantitative estimate of drug-likeness (QED) is 0.475. The van der Waals surface area contributed by atoms with E-state index >= 15 is 0 Å². The lowest BCUT2D eigenvalue weighted by Crippen LogP contribution is -2.16. The van der Waals surface area contributed by atoms with Crippen LogP contribution in [0.1, 0.15) is 53.4 Å². The van der Waals surface area contributed by atoms with Gasteiger partial charge in [-0.1, -0.05) is 33.3 Å². The highest BCUT2D eigenvalue weighted by Gasteiger charge is 2.12. The molecule has 1 unspecified atom stereocenters. The van der Waals surface area contributed by atoms with Crippen LogP contribution in [0.15, 0.2) is 12.2 Å². The van der Waals surface area contributed by atoms with Gasteiger partial charge < -0.3 is 4.74 Å². The fraction of sp³-hybridized carbons (Fsp3) is 0.769. The largest absolute Gasteiger partial charge is 0.459 e. The summed E-state index contributed by atoms with van der Waals surface area (Å²) in [5.74, 6) is 0.489. The predicted molar refractivity (Wildman–Crippen MR) is 63.7 cm³/mol. The molecule has 0 aromatic rings. The number of carbonyl (C=O) groups excluding carboxylic acids is 1. The maximum atomic E-state index is 11.2. The number of hydrogen-bond acceptors (Lipinski definition) is 2. The van der Waals surface area contributed by atoms with Crippen LogP contribution in [0, 0.1) is 5.92 Å². The van der Waals surface area contributed by atoms with Crippen molar-refractivity contribution in [2.24, 2.45) is 5.92 Å². The lowest BCUT2D eigenvalue weighted by Gasteiger charge is -2.16. The van der Waals surface area contributed by atoms with E-state index in [-0.39, 0.29) is 12.1 Å². The van der Waals surface area contributed by atoms with Crippen LogP contribution in [-0.2, 0) is 9.53 Å². The Morgan fingerprint density at radius 3 is 2.20 bits per heavy atom. The first-order valence-corrected chi connectivity index (χ1v) is 5.87. The molecule has 0 amide bonds. The molecule has 0 fully saturated rings. The summed E-state index contributed by atoms with van der Waals surface area (Å²) in [6.07, 6.45) is 4.51. The SMILES string of the molecule is C=C(C)C(=O)OC(C)CCC(CC)CC. The third kappa shape index (κ3) is 6.32. The van der Waals surface area contributed by atoms with Crippen LogP contribution in [0.5, 0.6) is 0 Å². The molecule has 0 radical (unpaired) electrons. The van der Waals surface area contributed by atoms with Gasteiger partial charge in [-0.3, -0.25) is 0 Å². The van der Waals surface area contributed by atoms with Gasteiger partial charge in [-0.25, -0.2) is 4.79 Å². The van der Waals surface area contributed by atoms with Gasteiger partial charge in [-0.2, -0.15) is 0 Å². The Bertz CT molecular complexity index is 205. The van der Waals surface area contributed by atoms with Gasteiger partial charge in [0.15, 0.2) is 0 Å². The van der Waals surface area contributed by atoms with Crippen LogP contribution in [0.4, 0.5) is 0 Å². The summed E-state index contributed by atoms with van der Waals surface area (Å²) in [4.78, 5) is 11.2. The summed E-state index contributed by atoms with van der Waals surface area (Å²) < 4.78 is 5.21. The van der Waals surface area contributed by atoms with Crippen molar-refractivity contribution in [3.05, 3.63) is 12.2 Å². The van der Waals surface area contributed by atoms with E-state index in [9.17, 15) is 4.79 Å². The first-order chi connectivity index (χ1) is 7.01. The molecule has 0 aliphatic rings. The summed E-state index contributed by atoms with van der Waals surface area (Å²) in [5, 5.41) is 0. The van der Waals surface area contributed by atoms with Gasteiger partial charge in [0.05, 0.1) is 6.10 Å². The second-order valence-corrected chi connectivity index (χ2v) is 4.26. The summed E-state index contributed by atoms with van der Waals surface area (Å²) in [6.45, 7) is 11.6. The Morgan fingerprint density at radius 1 is 1.27 bits per heavy atom. The maximum Gasteiger partial charge on any atom is 0.333 e. The molecule has 0 saturated heterocycles. The van der Waals surface area contributed by atoms with Crippen LogP contribution in [0.2, 0.25) is 0 Å². The Balaban J connectivity index is 3.79. The monoisotopic (exact) mass is 212 g/mol. The van der Waals surface area contributed by atoms with Gasteiger partial charge in [-0.05, 0) is 32.6 Å². The van der Waals surface area contributed by atoms with E-state index in [4.69, 9.17) is 4.74 Å². The molecule has 2 nitrogen and oxygen atoms in total. The fourth-order valence-corrected chi connectivity index (χ4v) is 1.51. The maximum absolute atomic E-state index is 11.2. The number of carbonyl (C=O) groups is 1. The molecule has 0 aliphatic carbocycles. The highest BCUT2D eigenvalue weighted by molar-refractivity contribution is 5.87. The van der Waals surface area contributed by atoms with Gasteiger partial charge in [0.2, 0.25) is 0 Å². The van der Waals surface area contributed by atoms with Crippen molar-refractivity contribution in [3.8, 4) is 0 Å². The molecule has 0 aromatic carbocycles. The molecule has 0 heterocycles. The van der Waals surface area contributed by atoms with Crippen LogP contribution < -0.4 is 0 Å². The van der Waals surface area contributed by atoms with Crippen molar-refractivity contribution in [2.45, 2.75) is 59.5 Å². The minimum Gasteiger partial charge on any atom is -0.459 e. The number of esters is 1. The van der Waals surface area contributed by atoms with E-state index in [1.165, 1.54) is 12.8 Å². The molecule has 1 atom stereocenters. The molecule has 0 rings (SSSR count). The van der Waals surface area contributed by atoms with E-state index in [1.807, 2.05) is 6.92 Å². The van der Waals surface area contributed by atoms with Crippen LogP contribution in [0.25, 0.3) is 0 Å². The molecule has 88 valence electrons. The van der Waals surface area contributed by atoms with Crippen molar-refractivity contribution in [1.82, 2.24) is 0 Å². The normalized spacial score (nSPS) is 12.6. The zero-order valence-corrected chi connectivity index (χ0v) is 10.5. The van der Waals surface area contributed by atoms with Crippen LogP contribution in [0.3, 0.4) is 0 Å². The molecular weight excluding hydrogens is 188 g/mol. The van der Waals surface area contributed by atoms with E-state index in [2.05, 4.69) is 20.4 Å². The van der Waals surface area contributed by atoms with Crippen molar-refractivity contribution in [2.75, 3.05) is 0 Å². The second kappa shape index (κ2) is 7.49. The van der Waals surface area contributed by atoms with Crippen molar-refractivity contribution >= 4 is 5.97 Å². The average molecular weight is 212 g/mol. The van der Waals surface area contributed by atoms with Gasteiger partial charge in [0, 0.05) is 5.57 Å². The first-order valence-electron chi connectivity index (χ1n) is 5.87. The molecular formula is C13H24O2. The van der Waals surface area contributed by atoms with E-state index in [0.717, 1.165) is 18.8 Å². The Kier molecular flexibility index (Phi) is 7.10. The molecule has 0 aromatic heterocycles. The smallest absolute Gasteiger partial charge is 0.333 e. The van der Waals surface area contributed by atoms with E-state index < -0.39 is 0 Å². The lowest BCUT2D eigenvalue weighted by molar-refractivity contribution is -0.143. The summed E-state index contributed by atoms with van der Waals surface area (Å²) >= 11 is 0. The van der Waals surface area contributed by atoms with Crippen LogP contribution in [-0.4, -0.2) is 12.1 Å².